The molecule has 0 spiro atoms. The summed E-state index contributed by atoms with van der Waals surface area (Å²) in [5.41, 5.74) is 0.486. The normalized spacial score (nSPS) is 15.9. The van der Waals surface area contributed by atoms with Gasteiger partial charge in [-0.15, -0.1) is 0 Å². The maximum Gasteiger partial charge on any atom is 0.234 e. The highest BCUT2D eigenvalue weighted by Crippen LogP contribution is 2.37. The second-order valence-electron chi connectivity index (χ2n) is 8.63. The second-order valence-corrected chi connectivity index (χ2v) is 9.06. The smallest absolute Gasteiger partial charge is 0.234 e. The number of carbonyl (C=O) groups excluding carboxylic acids is 1. The van der Waals surface area contributed by atoms with E-state index in [0.717, 1.165) is 18.5 Å². The third kappa shape index (κ3) is 4.01. The molecule has 7 heteroatoms. The number of imidazole rings is 1. The monoisotopic (exact) mass is 378 g/mol. The van der Waals surface area contributed by atoms with Gasteiger partial charge in [0.2, 0.25) is 11.9 Å². The molecular formula is C19H27ClN4O2. The average Bonchev–Trinajstić information content (AvgIpc) is 2.80. The van der Waals surface area contributed by atoms with E-state index in [0.29, 0.717) is 29.1 Å². The van der Waals surface area contributed by atoms with E-state index in [2.05, 4.69) is 15.3 Å². The predicted molar refractivity (Wildman–Crippen MR) is 104 cm³/mol. The number of hydrogen-bond acceptors (Lipinski definition) is 4. The van der Waals surface area contributed by atoms with E-state index in [9.17, 15) is 4.79 Å². The summed E-state index contributed by atoms with van der Waals surface area (Å²) in [5.74, 6) is 0.414. The van der Waals surface area contributed by atoms with E-state index in [4.69, 9.17) is 16.3 Å². The van der Waals surface area contributed by atoms with E-state index in [1.54, 1.807) is 12.3 Å². The number of halogens is 1. The lowest BCUT2D eigenvalue weighted by Gasteiger charge is -2.30. The van der Waals surface area contributed by atoms with Crippen molar-refractivity contribution in [3.63, 3.8) is 0 Å². The van der Waals surface area contributed by atoms with Gasteiger partial charge in [0.25, 0.3) is 0 Å². The molecule has 2 aromatic rings. The van der Waals surface area contributed by atoms with Crippen LogP contribution in [0.25, 0.3) is 11.2 Å². The van der Waals surface area contributed by atoms with E-state index >= 15 is 0 Å². The van der Waals surface area contributed by atoms with Gasteiger partial charge in [0.1, 0.15) is 5.52 Å². The van der Waals surface area contributed by atoms with Gasteiger partial charge in [-0.1, -0.05) is 11.6 Å². The van der Waals surface area contributed by atoms with Crippen molar-refractivity contribution >= 4 is 34.6 Å². The van der Waals surface area contributed by atoms with Crippen molar-refractivity contribution in [3.8, 4) is 0 Å². The molecule has 0 bridgehead atoms. The SMILES string of the molecule is CC(C)(C)OCC(C)(C)C(=O)Nc1nc2cc(Cl)cnc2n1C1CCC1. The molecule has 0 aromatic carbocycles. The highest BCUT2D eigenvalue weighted by molar-refractivity contribution is 6.31. The molecule has 0 aliphatic heterocycles. The molecule has 3 rings (SSSR count). The lowest BCUT2D eigenvalue weighted by molar-refractivity contribution is -0.130. The van der Waals surface area contributed by atoms with Gasteiger partial charge in [-0.25, -0.2) is 9.97 Å². The van der Waals surface area contributed by atoms with Crippen molar-refractivity contribution in [3.05, 3.63) is 17.3 Å². The van der Waals surface area contributed by atoms with Crippen LogP contribution >= 0.6 is 11.6 Å². The molecule has 0 unspecified atom stereocenters. The first-order valence-electron chi connectivity index (χ1n) is 9.06. The highest BCUT2D eigenvalue weighted by Gasteiger charge is 2.33. The number of anilines is 1. The number of rotatable bonds is 5. The van der Waals surface area contributed by atoms with Crippen molar-refractivity contribution in [1.82, 2.24) is 14.5 Å². The van der Waals surface area contributed by atoms with Gasteiger partial charge in [-0.3, -0.25) is 14.7 Å². The molecule has 2 heterocycles. The van der Waals surface area contributed by atoms with Crippen LogP contribution in [0.5, 0.6) is 0 Å². The summed E-state index contributed by atoms with van der Waals surface area (Å²) >= 11 is 6.05. The summed E-state index contributed by atoms with van der Waals surface area (Å²) in [5, 5.41) is 3.53. The number of ether oxygens (including phenoxy) is 1. The molecule has 6 nitrogen and oxygen atoms in total. The van der Waals surface area contributed by atoms with Crippen molar-refractivity contribution in [1.29, 1.82) is 0 Å². The van der Waals surface area contributed by atoms with Crippen molar-refractivity contribution in [2.75, 3.05) is 11.9 Å². The Labute approximate surface area is 159 Å². The van der Waals surface area contributed by atoms with Crippen molar-refractivity contribution in [2.45, 2.75) is 65.5 Å². The molecule has 1 aliphatic rings. The van der Waals surface area contributed by atoms with Crippen LogP contribution in [0.15, 0.2) is 12.3 Å². The van der Waals surface area contributed by atoms with Gasteiger partial charge in [0, 0.05) is 12.2 Å². The van der Waals surface area contributed by atoms with Gasteiger partial charge in [-0.2, -0.15) is 0 Å². The zero-order chi connectivity index (χ0) is 19.1. The Morgan fingerprint density at radius 1 is 1.35 bits per heavy atom. The fourth-order valence-corrected chi connectivity index (χ4v) is 2.92. The Kier molecular flexibility index (Phi) is 5.01. The summed E-state index contributed by atoms with van der Waals surface area (Å²) in [6, 6.07) is 2.10. The van der Waals surface area contributed by atoms with Crippen LogP contribution < -0.4 is 5.32 Å². The lowest BCUT2D eigenvalue weighted by atomic mass is 9.92. The maximum atomic E-state index is 12.9. The Morgan fingerprint density at radius 2 is 2.04 bits per heavy atom. The summed E-state index contributed by atoms with van der Waals surface area (Å²) < 4.78 is 7.86. The quantitative estimate of drug-likeness (QED) is 0.826. The summed E-state index contributed by atoms with van der Waals surface area (Å²) in [4.78, 5) is 21.9. The minimum absolute atomic E-state index is 0.122. The number of hydrogen-bond donors (Lipinski definition) is 1. The minimum atomic E-state index is -0.680. The minimum Gasteiger partial charge on any atom is -0.375 e. The van der Waals surface area contributed by atoms with Crippen molar-refractivity contribution in [2.24, 2.45) is 5.41 Å². The van der Waals surface area contributed by atoms with Crippen LogP contribution in [0.4, 0.5) is 5.95 Å². The molecule has 0 atom stereocenters. The standard InChI is InChI=1S/C19H27ClN4O2/c1-18(2,3)26-11-19(4,5)16(25)23-17-22-14-9-12(20)10-21-15(14)24(17)13-7-6-8-13/h9-10,13H,6-8,11H2,1-5H3,(H,22,23,25). The summed E-state index contributed by atoms with van der Waals surface area (Å²) in [7, 11) is 0. The topological polar surface area (TPSA) is 69.0 Å². The number of fused-ring (bicyclic) bond motifs is 1. The molecular weight excluding hydrogens is 352 g/mol. The van der Waals surface area contributed by atoms with Gasteiger partial charge in [0.05, 0.1) is 22.6 Å². The second kappa shape index (κ2) is 6.82. The Morgan fingerprint density at radius 3 is 2.62 bits per heavy atom. The van der Waals surface area contributed by atoms with Crippen LogP contribution in [0.1, 0.15) is 59.9 Å². The fourth-order valence-electron chi connectivity index (χ4n) is 2.77. The van der Waals surface area contributed by atoms with E-state index in [1.807, 2.05) is 39.2 Å². The molecule has 0 radical (unpaired) electrons. The Hall–Kier alpha value is -1.66. The molecule has 1 N–H and O–H groups in total. The molecule has 0 saturated heterocycles. The predicted octanol–water partition coefficient (Wildman–Crippen LogP) is 4.59. The number of aromatic nitrogens is 3. The number of nitrogens with one attached hydrogen (secondary N) is 1. The van der Waals surface area contributed by atoms with Crippen LogP contribution in [0.3, 0.4) is 0 Å². The molecule has 1 fully saturated rings. The van der Waals surface area contributed by atoms with Gasteiger partial charge in [0.15, 0.2) is 5.65 Å². The zero-order valence-electron chi connectivity index (χ0n) is 16.1. The number of pyridine rings is 1. The van der Waals surface area contributed by atoms with Gasteiger partial charge >= 0.3 is 0 Å². The first-order chi connectivity index (χ1) is 12.1. The molecule has 142 valence electrons. The lowest BCUT2D eigenvalue weighted by Crippen LogP contribution is -2.38. The average molecular weight is 379 g/mol. The van der Waals surface area contributed by atoms with E-state index < -0.39 is 5.41 Å². The largest absolute Gasteiger partial charge is 0.375 e. The first-order valence-corrected chi connectivity index (χ1v) is 9.43. The third-order valence-electron chi connectivity index (χ3n) is 4.64. The van der Waals surface area contributed by atoms with Gasteiger partial charge < -0.3 is 4.74 Å². The van der Waals surface area contributed by atoms with Crippen LogP contribution in [0.2, 0.25) is 5.02 Å². The first kappa shape index (κ1) is 19.1. The van der Waals surface area contributed by atoms with E-state index in [-0.39, 0.29) is 11.5 Å². The summed E-state index contributed by atoms with van der Waals surface area (Å²) in [6.45, 7) is 10.0. The van der Waals surface area contributed by atoms with E-state index in [1.165, 1.54) is 6.42 Å². The molecule has 26 heavy (non-hydrogen) atoms. The third-order valence-corrected chi connectivity index (χ3v) is 4.85. The van der Waals surface area contributed by atoms with Crippen molar-refractivity contribution < 1.29 is 9.53 Å². The molecule has 1 saturated carbocycles. The number of nitrogens with zero attached hydrogens (tertiary/aromatic N) is 3. The Bertz CT molecular complexity index is 819. The molecule has 2 aromatic heterocycles. The number of carbonyl (C=O) groups is 1. The van der Waals surface area contributed by atoms with Crippen LogP contribution in [0, 0.1) is 5.41 Å². The number of amides is 1. The van der Waals surface area contributed by atoms with Crippen LogP contribution in [-0.4, -0.2) is 32.7 Å². The summed E-state index contributed by atoms with van der Waals surface area (Å²) in [6.07, 6.45) is 4.92. The molecule has 1 amide bonds. The zero-order valence-corrected chi connectivity index (χ0v) is 16.9. The van der Waals surface area contributed by atoms with Crippen LogP contribution in [-0.2, 0) is 9.53 Å². The maximum absolute atomic E-state index is 12.9. The van der Waals surface area contributed by atoms with Gasteiger partial charge in [-0.05, 0) is 59.9 Å². The Balaban J connectivity index is 1.86. The molecule has 1 aliphatic carbocycles. The fraction of sp³-hybridized carbons (Fsp3) is 0.632. The highest BCUT2D eigenvalue weighted by atomic mass is 35.5.